The standard InChI is InChI=1S/C14H28N2O/c1-3-15-11-14(6-4-5-7-14)12-16-8-9-17-13(2)10-16/h13,15H,3-12H2,1-2H3. The highest BCUT2D eigenvalue weighted by Crippen LogP contribution is 2.38. The second-order valence-corrected chi connectivity index (χ2v) is 5.90. The molecule has 3 heteroatoms. The summed E-state index contributed by atoms with van der Waals surface area (Å²) in [5, 5.41) is 3.57. The van der Waals surface area contributed by atoms with Crippen molar-refractivity contribution in [2.75, 3.05) is 39.3 Å². The van der Waals surface area contributed by atoms with Gasteiger partial charge in [0, 0.05) is 26.2 Å². The fourth-order valence-electron chi connectivity index (χ4n) is 3.41. The summed E-state index contributed by atoms with van der Waals surface area (Å²) in [6.45, 7) is 11.1. The minimum Gasteiger partial charge on any atom is -0.376 e. The first-order valence-corrected chi connectivity index (χ1v) is 7.29. The molecule has 2 rings (SSSR count). The SMILES string of the molecule is CCNCC1(CN2CCOC(C)C2)CCCC1. The van der Waals surface area contributed by atoms with E-state index in [2.05, 4.69) is 24.1 Å². The molecule has 0 aromatic rings. The third-order valence-corrected chi connectivity index (χ3v) is 4.30. The lowest BCUT2D eigenvalue weighted by Crippen LogP contribution is -2.48. The summed E-state index contributed by atoms with van der Waals surface area (Å²) >= 11 is 0. The zero-order chi connectivity index (χ0) is 12.1. The third-order valence-electron chi connectivity index (χ3n) is 4.30. The molecule has 0 bridgehead atoms. The highest BCUT2D eigenvalue weighted by atomic mass is 16.5. The second kappa shape index (κ2) is 6.17. The first-order valence-electron chi connectivity index (χ1n) is 7.29. The second-order valence-electron chi connectivity index (χ2n) is 5.90. The number of rotatable bonds is 5. The van der Waals surface area contributed by atoms with Crippen LogP contribution in [0.2, 0.25) is 0 Å². The van der Waals surface area contributed by atoms with Gasteiger partial charge in [0.1, 0.15) is 0 Å². The maximum atomic E-state index is 5.63. The zero-order valence-electron chi connectivity index (χ0n) is 11.5. The minimum atomic E-state index is 0.418. The Balaban J connectivity index is 1.87. The number of ether oxygens (including phenoxy) is 1. The lowest BCUT2D eigenvalue weighted by molar-refractivity contribution is -0.0318. The Labute approximate surface area is 106 Å². The predicted molar refractivity (Wildman–Crippen MR) is 71.3 cm³/mol. The maximum absolute atomic E-state index is 5.63. The summed E-state index contributed by atoms with van der Waals surface area (Å²) in [5.41, 5.74) is 0.549. The summed E-state index contributed by atoms with van der Waals surface area (Å²) in [6, 6.07) is 0. The van der Waals surface area contributed by atoms with E-state index in [9.17, 15) is 0 Å². The van der Waals surface area contributed by atoms with Crippen molar-refractivity contribution in [1.29, 1.82) is 0 Å². The Morgan fingerprint density at radius 2 is 2.12 bits per heavy atom. The molecule has 1 aliphatic heterocycles. The quantitative estimate of drug-likeness (QED) is 0.794. The van der Waals surface area contributed by atoms with Crippen molar-refractivity contribution in [3.63, 3.8) is 0 Å². The van der Waals surface area contributed by atoms with Gasteiger partial charge in [-0.25, -0.2) is 0 Å². The summed E-state index contributed by atoms with van der Waals surface area (Å²) < 4.78 is 5.63. The Bertz CT molecular complexity index is 226. The van der Waals surface area contributed by atoms with Crippen LogP contribution in [0.3, 0.4) is 0 Å². The van der Waals surface area contributed by atoms with Gasteiger partial charge in [0.15, 0.2) is 0 Å². The number of nitrogens with one attached hydrogen (secondary N) is 1. The van der Waals surface area contributed by atoms with Gasteiger partial charge in [0.05, 0.1) is 12.7 Å². The molecule has 1 saturated carbocycles. The van der Waals surface area contributed by atoms with Crippen molar-refractivity contribution >= 4 is 0 Å². The number of hydrogen-bond acceptors (Lipinski definition) is 3. The number of morpholine rings is 1. The van der Waals surface area contributed by atoms with Gasteiger partial charge in [-0.15, -0.1) is 0 Å². The molecular weight excluding hydrogens is 212 g/mol. The predicted octanol–water partition coefficient (Wildman–Crippen LogP) is 1.88. The Morgan fingerprint density at radius 1 is 1.35 bits per heavy atom. The van der Waals surface area contributed by atoms with Crippen molar-refractivity contribution < 1.29 is 4.74 Å². The highest BCUT2D eigenvalue weighted by molar-refractivity contribution is 4.90. The van der Waals surface area contributed by atoms with E-state index >= 15 is 0 Å². The minimum absolute atomic E-state index is 0.418. The van der Waals surface area contributed by atoms with Crippen molar-refractivity contribution in [1.82, 2.24) is 10.2 Å². The van der Waals surface area contributed by atoms with Crippen LogP contribution in [0, 0.1) is 5.41 Å². The largest absolute Gasteiger partial charge is 0.376 e. The van der Waals surface area contributed by atoms with E-state index < -0.39 is 0 Å². The molecule has 0 spiro atoms. The molecule has 1 saturated heterocycles. The molecule has 2 fully saturated rings. The molecule has 2 aliphatic rings. The molecule has 0 radical (unpaired) electrons. The molecule has 1 aliphatic carbocycles. The van der Waals surface area contributed by atoms with Crippen molar-refractivity contribution in [2.45, 2.75) is 45.6 Å². The molecule has 0 amide bonds. The number of hydrogen-bond donors (Lipinski definition) is 1. The van der Waals surface area contributed by atoms with Gasteiger partial charge in [-0.3, -0.25) is 4.90 Å². The smallest absolute Gasteiger partial charge is 0.0674 e. The van der Waals surface area contributed by atoms with E-state index in [1.54, 1.807) is 0 Å². The zero-order valence-corrected chi connectivity index (χ0v) is 11.5. The Morgan fingerprint density at radius 3 is 2.76 bits per heavy atom. The van der Waals surface area contributed by atoms with Gasteiger partial charge >= 0.3 is 0 Å². The summed E-state index contributed by atoms with van der Waals surface area (Å²) in [7, 11) is 0. The average molecular weight is 240 g/mol. The van der Waals surface area contributed by atoms with E-state index in [0.29, 0.717) is 11.5 Å². The average Bonchev–Trinajstić information content (AvgIpc) is 2.75. The van der Waals surface area contributed by atoms with Crippen LogP contribution in [-0.4, -0.2) is 50.3 Å². The van der Waals surface area contributed by atoms with Crippen LogP contribution in [-0.2, 0) is 4.74 Å². The van der Waals surface area contributed by atoms with Gasteiger partial charge in [0.25, 0.3) is 0 Å². The van der Waals surface area contributed by atoms with Gasteiger partial charge in [-0.2, -0.15) is 0 Å². The topological polar surface area (TPSA) is 24.5 Å². The van der Waals surface area contributed by atoms with Gasteiger partial charge in [0.2, 0.25) is 0 Å². The first-order chi connectivity index (χ1) is 8.24. The van der Waals surface area contributed by atoms with E-state index in [0.717, 1.165) is 26.2 Å². The third kappa shape index (κ3) is 3.67. The molecule has 3 nitrogen and oxygen atoms in total. The van der Waals surface area contributed by atoms with Gasteiger partial charge in [-0.05, 0) is 31.7 Å². The van der Waals surface area contributed by atoms with Crippen LogP contribution in [0.15, 0.2) is 0 Å². The van der Waals surface area contributed by atoms with Crippen LogP contribution >= 0.6 is 0 Å². The van der Waals surface area contributed by atoms with Crippen LogP contribution in [0.4, 0.5) is 0 Å². The van der Waals surface area contributed by atoms with E-state index in [-0.39, 0.29) is 0 Å². The monoisotopic (exact) mass is 240 g/mol. The molecular formula is C14H28N2O. The highest BCUT2D eigenvalue weighted by Gasteiger charge is 2.35. The van der Waals surface area contributed by atoms with Crippen LogP contribution in [0.5, 0.6) is 0 Å². The van der Waals surface area contributed by atoms with Gasteiger partial charge in [-0.1, -0.05) is 19.8 Å². The van der Waals surface area contributed by atoms with E-state index in [1.165, 1.54) is 38.8 Å². The number of nitrogens with zero attached hydrogens (tertiary/aromatic N) is 1. The fourth-order valence-corrected chi connectivity index (χ4v) is 3.41. The van der Waals surface area contributed by atoms with Gasteiger partial charge < -0.3 is 10.1 Å². The molecule has 1 N–H and O–H groups in total. The van der Waals surface area contributed by atoms with Crippen LogP contribution in [0.25, 0.3) is 0 Å². The van der Waals surface area contributed by atoms with Crippen molar-refractivity contribution in [3.05, 3.63) is 0 Å². The van der Waals surface area contributed by atoms with Crippen molar-refractivity contribution in [3.8, 4) is 0 Å². The Hall–Kier alpha value is -0.120. The maximum Gasteiger partial charge on any atom is 0.0674 e. The molecule has 1 unspecified atom stereocenters. The molecule has 0 aromatic heterocycles. The summed E-state index contributed by atoms with van der Waals surface area (Å²) in [5.74, 6) is 0. The first kappa shape index (κ1) is 13.3. The van der Waals surface area contributed by atoms with Crippen LogP contribution in [0.1, 0.15) is 39.5 Å². The molecule has 17 heavy (non-hydrogen) atoms. The summed E-state index contributed by atoms with van der Waals surface area (Å²) in [6.07, 6.45) is 6.08. The fraction of sp³-hybridized carbons (Fsp3) is 1.00. The summed E-state index contributed by atoms with van der Waals surface area (Å²) in [4.78, 5) is 2.62. The molecule has 0 aromatic carbocycles. The Kier molecular flexibility index (Phi) is 4.83. The molecule has 1 atom stereocenters. The van der Waals surface area contributed by atoms with E-state index in [4.69, 9.17) is 4.74 Å². The van der Waals surface area contributed by atoms with Crippen LogP contribution < -0.4 is 5.32 Å². The molecule has 1 heterocycles. The molecule has 100 valence electrons. The van der Waals surface area contributed by atoms with E-state index in [1.807, 2.05) is 0 Å². The lowest BCUT2D eigenvalue weighted by atomic mass is 9.85. The van der Waals surface area contributed by atoms with Crippen molar-refractivity contribution in [2.24, 2.45) is 5.41 Å². The lowest BCUT2D eigenvalue weighted by Gasteiger charge is -2.39. The normalized spacial score (nSPS) is 29.6.